The number of aryl methyl sites for hydroxylation is 1. The van der Waals surface area contributed by atoms with Crippen molar-refractivity contribution < 1.29 is 14.3 Å². The molecule has 5 nitrogen and oxygen atoms in total. The summed E-state index contributed by atoms with van der Waals surface area (Å²) in [6, 6.07) is 6.30. The molecule has 0 fully saturated rings. The van der Waals surface area contributed by atoms with E-state index in [2.05, 4.69) is 5.10 Å². The molecule has 0 saturated heterocycles. The minimum Gasteiger partial charge on any atom is -0.423 e. The van der Waals surface area contributed by atoms with E-state index < -0.39 is 5.97 Å². The predicted molar refractivity (Wildman–Crippen MR) is 60.0 cm³/mol. The van der Waals surface area contributed by atoms with Gasteiger partial charge in [0.05, 0.1) is 11.8 Å². The van der Waals surface area contributed by atoms with Crippen LogP contribution in [0.4, 0.5) is 0 Å². The van der Waals surface area contributed by atoms with E-state index >= 15 is 0 Å². The van der Waals surface area contributed by atoms with E-state index in [4.69, 9.17) is 4.74 Å². The van der Waals surface area contributed by atoms with Crippen LogP contribution in [0.1, 0.15) is 20.7 Å². The Morgan fingerprint density at radius 2 is 2.06 bits per heavy atom. The molecular weight excluding hydrogens is 220 g/mol. The number of ether oxygens (including phenoxy) is 1. The Morgan fingerprint density at radius 1 is 1.35 bits per heavy atom. The van der Waals surface area contributed by atoms with Crippen molar-refractivity contribution in [2.45, 2.75) is 0 Å². The Kier molecular flexibility index (Phi) is 3.00. The second-order valence-corrected chi connectivity index (χ2v) is 3.48. The Bertz CT molecular complexity index is 543. The lowest BCUT2D eigenvalue weighted by Crippen LogP contribution is -2.07. The quantitative estimate of drug-likeness (QED) is 0.455. The molecule has 0 aliphatic rings. The van der Waals surface area contributed by atoms with Gasteiger partial charge in [0.2, 0.25) is 0 Å². The van der Waals surface area contributed by atoms with Crippen molar-refractivity contribution in [3.63, 3.8) is 0 Å². The minimum atomic E-state index is -0.475. The lowest BCUT2D eigenvalue weighted by atomic mass is 10.2. The van der Waals surface area contributed by atoms with Gasteiger partial charge in [0, 0.05) is 18.8 Å². The summed E-state index contributed by atoms with van der Waals surface area (Å²) in [6.45, 7) is 0. The average Bonchev–Trinajstić information content (AvgIpc) is 2.77. The fourth-order valence-corrected chi connectivity index (χ4v) is 1.31. The molecule has 2 rings (SSSR count). The predicted octanol–water partition coefficient (Wildman–Crippen LogP) is 1.45. The first kappa shape index (κ1) is 11.1. The summed E-state index contributed by atoms with van der Waals surface area (Å²) >= 11 is 0. The molecule has 1 aromatic heterocycles. The molecule has 0 spiro atoms. The monoisotopic (exact) mass is 230 g/mol. The van der Waals surface area contributed by atoms with E-state index in [0.29, 0.717) is 16.9 Å². The topological polar surface area (TPSA) is 61.2 Å². The summed E-state index contributed by atoms with van der Waals surface area (Å²) < 4.78 is 6.62. The van der Waals surface area contributed by atoms with E-state index in [-0.39, 0.29) is 0 Å². The molecule has 0 aliphatic carbocycles. The Hall–Kier alpha value is -2.43. The summed E-state index contributed by atoms with van der Waals surface area (Å²) in [7, 11) is 1.72. The summed E-state index contributed by atoms with van der Waals surface area (Å²) in [4.78, 5) is 22.1. The summed E-state index contributed by atoms with van der Waals surface area (Å²) in [5, 5.41) is 3.88. The van der Waals surface area contributed by atoms with Gasteiger partial charge in [-0.1, -0.05) is 0 Å². The second kappa shape index (κ2) is 4.61. The normalized spacial score (nSPS) is 9.94. The van der Waals surface area contributed by atoms with E-state index in [0.717, 1.165) is 6.29 Å². The van der Waals surface area contributed by atoms with Crippen molar-refractivity contribution in [2.24, 2.45) is 7.05 Å². The van der Waals surface area contributed by atoms with Crippen molar-refractivity contribution in [3.8, 4) is 5.75 Å². The first-order chi connectivity index (χ1) is 8.19. The van der Waals surface area contributed by atoms with Gasteiger partial charge in [0.15, 0.2) is 0 Å². The molecule has 0 aliphatic heterocycles. The highest BCUT2D eigenvalue weighted by Gasteiger charge is 2.10. The lowest BCUT2D eigenvalue weighted by Gasteiger charge is -2.01. The van der Waals surface area contributed by atoms with Gasteiger partial charge >= 0.3 is 5.97 Å². The molecule has 5 heteroatoms. The number of hydrogen-bond donors (Lipinski definition) is 0. The number of benzene rings is 1. The maximum absolute atomic E-state index is 11.6. The zero-order valence-electron chi connectivity index (χ0n) is 9.16. The van der Waals surface area contributed by atoms with Crippen molar-refractivity contribution in [1.82, 2.24) is 9.78 Å². The Balaban J connectivity index is 2.10. The van der Waals surface area contributed by atoms with Crippen LogP contribution in [0.3, 0.4) is 0 Å². The van der Waals surface area contributed by atoms with Crippen LogP contribution in [0.25, 0.3) is 0 Å². The number of rotatable bonds is 3. The number of hydrogen-bond acceptors (Lipinski definition) is 4. The fourth-order valence-electron chi connectivity index (χ4n) is 1.31. The third-order valence-corrected chi connectivity index (χ3v) is 2.17. The van der Waals surface area contributed by atoms with E-state index in [9.17, 15) is 9.59 Å². The lowest BCUT2D eigenvalue weighted by molar-refractivity contribution is 0.0734. The SMILES string of the molecule is Cn1cc(C(=O)Oc2ccc(C=O)cc2)cn1. The molecule has 0 radical (unpaired) electrons. The summed E-state index contributed by atoms with van der Waals surface area (Å²) in [5.74, 6) is -0.0820. The van der Waals surface area contributed by atoms with Crippen LogP contribution >= 0.6 is 0 Å². The molecule has 0 saturated carbocycles. The zero-order valence-corrected chi connectivity index (χ0v) is 9.16. The van der Waals surface area contributed by atoms with Crippen LogP contribution in [-0.2, 0) is 7.05 Å². The number of esters is 1. The first-order valence-electron chi connectivity index (χ1n) is 4.95. The van der Waals surface area contributed by atoms with Crippen molar-refractivity contribution in [3.05, 3.63) is 47.8 Å². The maximum Gasteiger partial charge on any atom is 0.346 e. The van der Waals surface area contributed by atoms with Gasteiger partial charge in [-0.05, 0) is 24.3 Å². The molecule has 0 unspecified atom stereocenters. The van der Waals surface area contributed by atoms with Gasteiger partial charge in [-0.25, -0.2) is 4.79 Å². The summed E-state index contributed by atoms with van der Waals surface area (Å²) in [6.07, 6.45) is 3.73. The molecule has 86 valence electrons. The molecule has 1 heterocycles. The van der Waals surface area contributed by atoms with E-state index in [1.807, 2.05) is 0 Å². The highest BCUT2D eigenvalue weighted by atomic mass is 16.5. The molecule has 0 N–H and O–H groups in total. The highest BCUT2D eigenvalue weighted by Crippen LogP contribution is 2.13. The first-order valence-corrected chi connectivity index (χ1v) is 4.95. The fraction of sp³-hybridized carbons (Fsp3) is 0.0833. The second-order valence-electron chi connectivity index (χ2n) is 3.48. The van der Waals surface area contributed by atoms with Gasteiger partial charge in [-0.2, -0.15) is 5.10 Å². The van der Waals surface area contributed by atoms with Crippen molar-refractivity contribution in [1.29, 1.82) is 0 Å². The van der Waals surface area contributed by atoms with Gasteiger partial charge in [-0.3, -0.25) is 9.48 Å². The number of carbonyl (C=O) groups is 2. The van der Waals surface area contributed by atoms with E-state index in [1.165, 1.54) is 10.9 Å². The zero-order chi connectivity index (χ0) is 12.3. The Morgan fingerprint density at radius 3 is 2.59 bits per heavy atom. The van der Waals surface area contributed by atoms with Crippen LogP contribution in [-0.4, -0.2) is 22.0 Å². The molecule has 0 amide bonds. The maximum atomic E-state index is 11.6. The number of nitrogens with zero attached hydrogens (tertiary/aromatic N) is 2. The van der Waals surface area contributed by atoms with Crippen LogP contribution in [0, 0.1) is 0 Å². The van der Waals surface area contributed by atoms with Crippen molar-refractivity contribution >= 4 is 12.3 Å². The van der Waals surface area contributed by atoms with Crippen LogP contribution in [0.5, 0.6) is 5.75 Å². The number of carbonyl (C=O) groups excluding carboxylic acids is 2. The third-order valence-electron chi connectivity index (χ3n) is 2.17. The van der Waals surface area contributed by atoms with Crippen LogP contribution in [0.15, 0.2) is 36.7 Å². The van der Waals surface area contributed by atoms with Gasteiger partial charge in [0.25, 0.3) is 0 Å². The minimum absolute atomic E-state index is 0.381. The average molecular weight is 230 g/mol. The molecule has 0 bridgehead atoms. The molecule has 2 aromatic rings. The summed E-state index contributed by atoms with van der Waals surface area (Å²) in [5.41, 5.74) is 0.915. The number of aldehydes is 1. The third kappa shape index (κ3) is 2.57. The van der Waals surface area contributed by atoms with Gasteiger partial charge < -0.3 is 4.74 Å². The van der Waals surface area contributed by atoms with Crippen LogP contribution in [0.2, 0.25) is 0 Å². The standard InChI is InChI=1S/C12H10N2O3/c1-14-7-10(6-13-14)12(16)17-11-4-2-9(8-15)3-5-11/h2-8H,1H3. The largest absolute Gasteiger partial charge is 0.423 e. The number of aromatic nitrogens is 2. The molecular formula is C12H10N2O3. The van der Waals surface area contributed by atoms with Crippen molar-refractivity contribution in [2.75, 3.05) is 0 Å². The Labute approximate surface area is 97.6 Å². The van der Waals surface area contributed by atoms with Gasteiger partial charge in [0.1, 0.15) is 12.0 Å². The van der Waals surface area contributed by atoms with E-state index in [1.54, 1.807) is 37.5 Å². The van der Waals surface area contributed by atoms with Crippen LogP contribution < -0.4 is 4.74 Å². The molecule has 17 heavy (non-hydrogen) atoms. The smallest absolute Gasteiger partial charge is 0.346 e. The molecule has 1 aromatic carbocycles. The van der Waals surface area contributed by atoms with Gasteiger partial charge in [-0.15, -0.1) is 0 Å². The molecule has 0 atom stereocenters. The highest BCUT2D eigenvalue weighted by molar-refractivity contribution is 5.90.